The van der Waals surface area contributed by atoms with E-state index in [1.54, 1.807) is 0 Å². The van der Waals surface area contributed by atoms with E-state index in [0.29, 0.717) is 26.3 Å². The molecule has 2 rings (SSSR count). The Hall–Kier alpha value is -1.36. The van der Waals surface area contributed by atoms with Crippen molar-refractivity contribution in [3.05, 3.63) is 82.4 Å². The van der Waals surface area contributed by atoms with E-state index >= 15 is 0 Å². The second-order valence-corrected chi connectivity index (χ2v) is 6.39. The molecule has 0 amide bonds. The third-order valence-corrected chi connectivity index (χ3v) is 4.17. The van der Waals surface area contributed by atoms with Crippen molar-refractivity contribution < 1.29 is 36.8 Å². The van der Waals surface area contributed by atoms with Gasteiger partial charge in [-0.3, -0.25) is 10.6 Å². The van der Waals surface area contributed by atoms with Crippen LogP contribution in [-0.2, 0) is 26.5 Å². The van der Waals surface area contributed by atoms with E-state index in [2.05, 4.69) is 21.3 Å². The van der Waals surface area contributed by atoms with Crippen molar-refractivity contribution in [2.75, 3.05) is 26.3 Å². The smallest absolute Gasteiger partial charge is 0.625 e. The van der Waals surface area contributed by atoms with Crippen LogP contribution in [0.5, 0.6) is 0 Å². The molecule has 0 bridgehead atoms. The molecule has 0 fully saturated rings. The molecule has 0 aliphatic heterocycles. The third kappa shape index (κ3) is 10.7. The van der Waals surface area contributed by atoms with E-state index in [1.165, 1.54) is 0 Å². The van der Waals surface area contributed by atoms with Gasteiger partial charge >= 0.3 is 17.1 Å². The van der Waals surface area contributed by atoms with E-state index in [4.69, 9.17) is 9.47 Å². The van der Waals surface area contributed by atoms with Crippen LogP contribution in [-0.4, -0.2) is 49.2 Å². The van der Waals surface area contributed by atoms with Crippen LogP contribution in [0.2, 0.25) is 0 Å². The Morgan fingerprint density at radius 1 is 0.710 bits per heavy atom. The summed E-state index contributed by atoms with van der Waals surface area (Å²) in [5, 5.41) is 35.3. The van der Waals surface area contributed by atoms with Gasteiger partial charge in [0.25, 0.3) is 0 Å². The van der Waals surface area contributed by atoms with Gasteiger partial charge in [-0.05, 0) is 25.0 Å². The molecule has 8 nitrogen and oxygen atoms in total. The minimum Gasteiger partial charge on any atom is -0.625 e. The quantitative estimate of drug-likeness (QED) is 0.177. The van der Waals surface area contributed by atoms with E-state index < -0.39 is 25.2 Å². The largest absolute Gasteiger partial charge is 2.00 e. The maximum atomic E-state index is 10.3. The second kappa shape index (κ2) is 16.3. The third-order valence-electron chi connectivity index (χ3n) is 4.17. The van der Waals surface area contributed by atoms with Crippen molar-refractivity contribution in [1.29, 1.82) is 0 Å². The van der Waals surface area contributed by atoms with E-state index in [-0.39, 0.29) is 17.1 Å². The van der Waals surface area contributed by atoms with Crippen molar-refractivity contribution in [3.8, 4) is 0 Å². The summed E-state index contributed by atoms with van der Waals surface area (Å²) < 4.78 is 11.1. The Labute approximate surface area is 195 Å². The molecule has 0 aromatic heterocycles. The number of benzene rings is 2. The maximum absolute atomic E-state index is 10.3. The summed E-state index contributed by atoms with van der Waals surface area (Å²) in [7, 11) is 0. The first-order chi connectivity index (χ1) is 14.6. The summed E-state index contributed by atoms with van der Waals surface area (Å²) in [6.45, 7) is 5.36. The van der Waals surface area contributed by atoms with Gasteiger partial charge in [0.05, 0.1) is 0 Å². The minimum atomic E-state index is -0.887. The van der Waals surface area contributed by atoms with Crippen LogP contribution in [0, 0.1) is 0 Å². The van der Waals surface area contributed by atoms with E-state index in [0.717, 1.165) is 11.1 Å². The topological polar surface area (TPSA) is 111 Å². The van der Waals surface area contributed by atoms with Gasteiger partial charge in [0, 0.05) is 25.9 Å². The van der Waals surface area contributed by atoms with Crippen LogP contribution in [0.25, 0.3) is 10.6 Å². The SMILES string of the molecule is CCOC([N-]CC[N-]C(NC(O)c1ccccc1)OCC)NC(O)c1ccccc1.[Cu+2]. The van der Waals surface area contributed by atoms with Crippen LogP contribution in [0.3, 0.4) is 0 Å². The Morgan fingerprint density at radius 3 is 1.39 bits per heavy atom. The molecule has 1 radical (unpaired) electrons. The second-order valence-electron chi connectivity index (χ2n) is 6.39. The number of rotatable bonds is 15. The van der Waals surface area contributed by atoms with Gasteiger partial charge in [-0.25, -0.2) is 0 Å². The van der Waals surface area contributed by atoms with Gasteiger partial charge in [-0.15, -0.1) is 0 Å². The predicted molar refractivity (Wildman–Crippen MR) is 116 cm³/mol. The molecule has 0 aliphatic carbocycles. The molecule has 4 N–H and O–H groups in total. The molecule has 4 atom stereocenters. The average Bonchev–Trinajstić information content (AvgIpc) is 2.78. The molecular formula is C22H32CuN4O4. The summed E-state index contributed by atoms with van der Waals surface area (Å²) in [4.78, 5) is 0. The zero-order valence-corrected chi connectivity index (χ0v) is 18.8. The van der Waals surface area contributed by atoms with Crippen LogP contribution >= 0.6 is 0 Å². The molecule has 4 unspecified atom stereocenters. The fourth-order valence-corrected chi connectivity index (χ4v) is 2.71. The van der Waals surface area contributed by atoms with Gasteiger partial charge < -0.3 is 30.3 Å². The standard InChI is InChI=1S/C22H32N4O4.Cu/c1-3-29-21(25-19(27)17-11-7-5-8-12-17)23-15-16-24-22(30-4-2)26-20(28)18-13-9-6-10-14-18;/h5-14,19-22,25-28H,3-4,15-16H2,1-2H3;/q-2;+2. The van der Waals surface area contributed by atoms with Crippen LogP contribution in [0.4, 0.5) is 0 Å². The number of aliphatic hydroxyl groups excluding tert-OH is 2. The van der Waals surface area contributed by atoms with E-state index in [1.807, 2.05) is 74.5 Å². The summed E-state index contributed by atoms with van der Waals surface area (Å²) in [5.41, 5.74) is 1.47. The molecule has 0 heterocycles. The van der Waals surface area contributed by atoms with Crippen LogP contribution in [0.15, 0.2) is 60.7 Å². The molecule has 0 spiro atoms. The fraction of sp³-hybridized carbons (Fsp3) is 0.455. The van der Waals surface area contributed by atoms with Crippen molar-refractivity contribution in [2.24, 2.45) is 0 Å². The molecular weight excluding hydrogens is 448 g/mol. The first-order valence-corrected chi connectivity index (χ1v) is 10.2. The molecule has 2 aromatic rings. The monoisotopic (exact) mass is 479 g/mol. The minimum absolute atomic E-state index is 0. The number of nitrogens with zero attached hydrogens (tertiary/aromatic N) is 2. The molecule has 0 saturated heterocycles. The molecule has 31 heavy (non-hydrogen) atoms. The van der Waals surface area contributed by atoms with Crippen LogP contribution < -0.4 is 10.6 Å². The van der Waals surface area contributed by atoms with Gasteiger partial charge in [0.2, 0.25) is 0 Å². The molecule has 2 aromatic carbocycles. The summed E-state index contributed by atoms with van der Waals surface area (Å²) in [6, 6.07) is 18.5. The number of aliphatic hydroxyl groups is 2. The average molecular weight is 480 g/mol. The summed E-state index contributed by atoms with van der Waals surface area (Å²) in [5.74, 6) is 0. The fourth-order valence-electron chi connectivity index (χ4n) is 2.71. The first kappa shape index (κ1) is 27.7. The molecule has 0 saturated carbocycles. The predicted octanol–water partition coefficient (Wildman–Crippen LogP) is 2.93. The zero-order chi connectivity index (χ0) is 21.6. The zero-order valence-electron chi connectivity index (χ0n) is 17.8. The van der Waals surface area contributed by atoms with Gasteiger partial charge in [0.15, 0.2) is 0 Å². The maximum Gasteiger partial charge on any atom is 2.00 e. The van der Waals surface area contributed by atoms with Crippen molar-refractivity contribution in [2.45, 2.75) is 39.0 Å². The number of hydrogen-bond donors (Lipinski definition) is 4. The Kier molecular flexibility index (Phi) is 14.5. The Balaban J connectivity index is 0.00000480. The van der Waals surface area contributed by atoms with Crippen molar-refractivity contribution in [3.63, 3.8) is 0 Å². The summed E-state index contributed by atoms with van der Waals surface area (Å²) >= 11 is 0. The first-order valence-electron chi connectivity index (χ1n) is 10.2. The van der Waals surface area contributed by atoms with Gasteiger partial charge in [-0.2, -0.15) is 13.1 Å². The number of hydrogen-bond acceptors (Lipinski definition) is 6. The normalized spacial score (nSPS) is 15.0. The summed E-state index contributed by atoms with van der Waals surface area (Å²) in [6.07, 6.45) is -3.09. The molecule has 0 aliphatic rings. The van der Waals surface area contributed by atoms with Gasteiger partial charge in [-0.1, -0.05) is 60.7 Å². The van der Waals surface area contributed by atoms with Crippen molar-refractivity contribution >= 4 is 0 Å². The van der Waals surface area contributed by atoms with Crippen LogP contribution in [0.1, 0.15) is 37.4 Å². The number of nitrogens with one attached hydrogen (secondary N) is 2. The Bertz CT molecular complexity index is 624. The van der Waals surface area contributed by atoms with Crippen molar-refractivity contribution in [1.82, 2.24) is 10.6 Å². The number of ether oxygens (including phenoxy) is 2. The van der Waals surface area contributed by atoms with E-state index in [9.17, 15) is 10.2 Å². The van der Waals surface area contributed by atoms with Gasteiger partial charge in [0.1, 0.15) is 12.5 Å². The molecule has 175 valence electrons. The Morgan fingerprint density at radius 2 is 1.06 bits per heavy atom. The molecule has 9 heteroatoms.